The molecule has 140 valence electrons. The average molecular weight is 360 g/mol. The molecule has 0 radical (unpaired) electrons. The lowest BCUT2D eigenvalue weighted by Gasteiger charge is -2.18. The Hall–Kier alpha value is -1.80. The number of halogens is 3. The largest absolute Gasteiger partial charge is 0.491 e. The van der Waals surface area contributed by atoms with Gasteiger partial charge < -0.3 is 20.5 Å². The van der Waals surface area contributed by atoms with Crippen molar-refractivity contribution in [2.75, 3.05) is 6.54 Å². The molecule has 0 unspecified atom stereocenters. The second-order valence-electron chi connectivity index (χ2n) is 6.26. The fourth-order valence-corrected chi connectivity index (χ4v) is 2.69. The molecular weight excluding hydrogens is 337 g/mol. The Morgan fingerprint density at radius 1 is 1.40 bits per heavy atom. The van der Waals surface area contributed by atoms with Gasteiger partial charge in [0.05, 0.1) is 17.8 Å². The number of alkyl halides is 3. The Morgan fingerprint density at radius 3 is 2.68 bits per heavy atom. The van der Waals surface area contributed by atoms with Crippen LogP contribution in [0.4, 0.5) is 13.2 Å². The number of hydrogen-bond acceptors (Lipinski definition) is 4. The summed E-state index contributed by atoms with van der Waals surface area (Å²) >= 11 is 0. The van der Waals surface area contributed by atoms with Gasteiger partial charge in [-0.3, -0.25) is 4.79 Å². The van der Waals surface area contributed by atoms with E-state index in [9.17, 15) is 18.0 Å². The van der Waals surface area contributed by atoms with E-state index in [0.29, 0.717) is 19.4 Å². The first-order valence-corrected chi connectivity index (χ1v) is 8.20. The Balaban J connectivity index is 2.06. The molecule has 1 aromatic rings. The molecule has 0 spiro atoms. The predicted molar refractivity (Wildman–Crippen MR) is 86.0 cm³/mol. The van der Waals surface area contributed by atoms with Crippen molar-refractivity contribution in [2.45, 2.75) is 57.7 Å². The summed E-state index contributed by atoms with van der Waals surface area (Å²) in [6.45, 7) is 3.55. The zero-order valence-corrected chi connectivity index (χ0v) is 14.2. The van der Waals surface area contributed by atoms with Crippen LogP contribution in [0.1, 0.15) is 37.8 Å². The fraction of sp³-hybridized carbons (Fsp3) is 0.588. The van der Waals surface area contributed by atoms with Gasteiger partial charge in [0.15, 0.2) is 0 Å². The highest BCUT2D eigenvalue weighted by molar-refractivity contribution is 5.81. The SMILES string of the molecule is CC(C)Oc1ccc(CNC(=O)[C@@H]2CC[C@H](CN)O2)c(C(F)(F)F)c1. The predicted octanol–water partition coefficient (Wildman–Crippen LogP) is 2.62. The van der Waals surface area contributed by atoms with Crippen molar-refractivity contribution in [3.63, 3.8) is 0 Å². The number of carbonyl (C=O) groups excluding carboxylic acids is 1. The molecule has 1 heterocycles. The van der Waals surface area contributed by atoms with E-state index in [4.69, 9.17) is 15.2 Å². The molecular formula is C17H23F3N2O3. The second-order valence-corrected chi connectivity index (χ2v) is 6.26. The van der Waals surface area contributed by atoms with Crippen molar-refractivity contribution in [1.29, 1.82) is 0 Å². The van der Waals surface area contributed by atoms with E-state index in [1.54, 1.807) is 13.8 Å². The molecule has 0 bridgehead atoms. The first-order valence-electron chi connectivity index (χ1n) is 8.20. The summed E-state index contributed by atoms with van der Waals surface area (Å²) in [7, 11) is 0. The first kappa shape index (κ1) is 19.5. The van der Waals surface area contributed by atoms with Crippen molar-refractivity contribution in [3.05, 3.63) is 29.3 Å². The number of amides is 1. The maximum absolute atomic E-state index is 13.3. The summed E-state index contributed by atoms with van der Waals surface area (Å²) in [6.07, 6.45) is -4.42. The first-order chi connectivity index (χ1) is 11.7. The average Bonchev–Trinajstić information content (AvgIpc) is 3.01. The lowest BCUT2D eigenvalue weighted by Crippen LogP contribution is -2.35. The molecule has 2 atom stereocenters. The zero-order valence-electron chi connectivity index (χ0n) is 14.2. The van der Waals surface area contributed by atoms with Gasteiger partial charge in [-0.15, -0.1) is 0 Å². The molecule has 1 aliphatic heterocycles. The zero-order chi connectivity index (χ0) is 18.6. The summed E-state index contributed by atoms with van der Waals surface area (Å²) in [4.78, 5) is 12.1. The van der Waals surface area contributed by atoms with Gasteiger partial charge in [-0.25, -0.2) is 0 Å². The lowest BCUT2D eigenvalue weighted by molar-refractivity contribution is -0.139. The van der Waals surface area contributed by atoms with Gasteiger partial charge in [0.1, 0.15) is 11.9 Å². The van der Waals surface area contributed by atoms with Crippen LogP contribution in [0.25, 0.3) is 0 Å². The van der Waals surface area contributed by atoms with Crippen LogP contribution < -0.4 is 15.8 Å². The highest BCUT2D eigenvalue weighted by atomic mass is 19.4. The highest BCUT2D eigenvalue weighted by Gasteiger charge is 2.34. The number of nitrogens with two attached hydrogens (primary N) is 1. The Labute approximate surface area is 144 Å². The molecule has 5 nitrogen and oxygen atoms in total. The molecule has 1 aliphatic rings. The Morgan fingerprint density at radius 2 is 2.12 bits per heavy atom. The molecule has 1 amide bonds. The maximum Gasteiger partial charge on any atom is 0.416 e. The standard InChI is InChI=1S/C17H23F3N2O3/c1-10(2)24-12-4-3-11(14(7-12)17(18,19)20)9-22-16(23)15-6-5-13(8-21)25-15/h3-4,7,10,13,15H,5-6,8-9,21H2,1-2H3,(H,22,23)/t13-,15+/m1/s1. The van der Waals surface area contributed by atoms with Gasteiger partial charge in [0.2, 0.25) is 5.91 Å². The molecule has 3 N–H and O–H groups in total. The van der Waals surface area contributed by atoms with Crippen molar-refractivity contribution in [1.82, 2.24) is 5.32 Å². The number of rotatable bonds is 6. The number of carbonyl (C=O) groups is 1. The third-order valence-corrected chi connectivity index (χ3v) is 3.87. The molecule has 0 aliphatic carbocycles. The third-order valence-electron chi connectivity index (χ3n) is 3.87. The summed E-state index contributed by atoms with van der Waals surface area (Å²) < 4.78 is 50.6. The number of nitrogens with one attached hydrogen (secondary N) is 1. The van der Waals surface area contributed by atoms with Crippen LogP contribution in [0.3, 0.4) is 0 Å². The normalized spacial score (nSPS) is 20.8. The molecule has 1 saturated heterocycles. The lowest BCUT2D eigenvalue weighted by atomic mass is 10.1. The molecule has 1 fully saturated rings. The molecule has 2 rings (SSSR count). The van der Waals surface area contributed by atoms with E-state index in [1.165, 1.54) is 12.1 Å². The van der Waals surface area contributed by atoms with Crippen LogP contribution in [0, 0.1) is 0 Å². The van der Waals surface area contributed by atoms with Crippen LogP contribution >= 0.6 is 0 Å². The van der Waals surface area contributed by atoms with Gasteiger partial charge in [0, 0.05) is 13.1 Å². The molecule has 1 aromatic carbocycles. The van der Waals surface area contributed by atoms with Crippen LogP contribution in [-0.4, -0.2) is 30.8 Å². The van der Waals surface area contributed by atoms with Crippen LogP contribution in [0.5, 0.6) is 5.75 Å². The topological polar surface area (TPSA) is 73.6 Å². The van der Waals surface area contributed by atoms with Gasteiger partial charge in [0.25, 0.3) is 0 Å². The highest BCUT2D eigenvalue weighted by Crippen LogP contribution is 2.34. The van der Waals surface area contributed by atoms with Gasteiger partial charge in [-0.1, -0.05) is 6.07 Å². The molecule has 0 saturated carbocycles. The summed E-state index contributed by atoms with van der Waals surface area (Å²) in [5.41, 5.74) is 4.64. The third kappa shape index (κ3) is 5.34. The van der Waals surface area contributed by atoms with E-state index in [2.05, 4.69) is 5.32 Å². The van der Waals surface area contributed by atoms with Crippen LogP contribution in [0.15, 0.2) is 18.2 Å². The molecule has 8 heteroatoms. The summed E-state index contributed by atoms with van der Waals surface area (Å²) in [5, 5.41) is 2.51. The minimum absolute atomic E-state index is 0.0228. The minimum atomic E-state index is -4.54. The quantitative estimate of drug-likeness (QED) is 0.818. The van der Waals surface area contributed by atoms with E-state index >= 15 is 0 Å². The monoisotopic (exact) mass is 360 g/mol. The van der Waals surface area contributed by atoms with E-state index < -0.39 is 23.8 Å². The minimum Gasteiger partial charge on any atom is -0.491 e. The van der Waals surface area contributed by atoms with Gasteiger partial charge in [-0.2, -0.15) is 13.2 Å². The summed E-state index contributed by atoms with van der Waals surface area (Å²) in [6, 6.07) is 3.74. The number of ether oxygens (including phenoxy) is 2. The Kier molecular flexibility index (Phi) is 6.29. The number of hydrogen-bond donors (Lipinski definition) is 2. The van der Waals surface area contributed by atoms with E-state index in [1.807, 2.05) is 0 Å². The van der Waals surface area contributed by atoms with Gasteiger partial charge in [-0.05, 0) is 44.4 Å². The van der Waals surface area contributed by atoms with E-state index in [0.717, 1.165) is 6.07 Å². The molecule has 25 heavy (non-hydrogen) atoms. The second kappa shape index (κ2) is 8.05. The molecule has 0 aromatic heterocycles. The maximum atomic E-state index is 13.3. The Bertz CT molecular complexity index is 605. The summed E-state index contributed by atoms with van der Waals surface area (Å²) in [5.74, 6) is -0.283. The smallest absolute Gasteiger partial charge is 0.416 e. The van der Waals surface area contributed by atoms with Crippen molar-refractivity contribution < 1.29 is 27.4 Å². The van der Waals surface area contributed by atoms with Crippen LogP contribution in [0.2, 0.25) is 0 Å². The van der Waals surface area contributed by atoms with Crippen LogP contribution in [-0.2, 0) is 22.3 Å². The fourth-order valence-electron chi connectivity index (χ4n) is 2.69. The van der Waals surface area contributed by atoms with Crippen molar-refractivity contribution in [3.8, 4) is 5.75 Å². The van der Waals surface area contributed by atoms with E-state index in [-0.39, 0.29) is 30.1 Å². The van der Waals surface area contributed by atoms with Crippen molar-refractivity contribution >= 4 is 5.91 Å². The number of benzene rings is 1. The van der Waals surface area contributed by atoms with Crippen molar-refractivity contribution in [2.24, 2.45) is 5.73 Å². The van der Waals surface area contributed by atoms with Gasteiger partial charge >= 0.3 is 6.18 Å².